The van der Waals surface area contributed by atoms with Crippen molar-refractivity contribution in [3.63, 3.8) is 0 Å². The summed E-state index contributed by atoms with van der Waals surface area (Å²) in [6.07, 6.45) is -1.15. The average molecular weight is 358 g/mol. The molecule has 1 aromatic rings. The van der Waals surface area contributed by atoms with Crippen LogP contribution in [0.3, 0.4) is 0 Å². The molecule has 2 unspecified atom stereocenters. The van der Waals surface area contributed by atoms with E-state index in [9.17, 15) is 24.5 Å². The molecule has 0 aliphatic heterocycles. The van der Waals surface area contributed by atoms with Gasteiger partial charge in [-0.1, -0.05) is 11.6 Å². The number of nitrogens with zero attached hydrogens (tertiary/aromatic N) is 1. The van der Waals surface area contributed by atoms with Crippen molar-refractivity contribution in [2.75, 3.05) is 5.32 Å². The molecule has 24 heavy (non-hydrogen) atoms. The van der Waals surface area contributed by atoms with Crippen molar-refractivity contribution >= 4 is 40.8 Å². The molecule has 0 spiro atoms. The van der Waals surface area contributed by atoms with E-state index in [1.54, 1.807) is 0 Å². The first kappa shape index (κ1) is 19.4. The second kappa shape index (κ2) is 8.25. The first-order chi connectivity index (χ1) is 11.1. The minimum absolute atomic E-state index is 0.0253. The van der Waals surface area contributed by atoms with Gasteiger partial charge in [0, 0.05) is 19.1 Å². The van der Waals surface area contributed by atoms with E-state index >= 15 is 0 Å². The van der Waals surface area contributed by atoms with E-state index in [0.717, 1.165) is 6.07 Å². The predicted molar refractivity (Wildman–Crippen MR) is 85.6 cm³/mol. The van der Waals surface area contributed by atoms with E-state index in [0.29, 0.717) is 0 Å². The van der Waals surface area contributed by atoms with Crippen LogP contribution in [0.4, 0.5) is 11.4 Å². The Bertz CT molecular complexity index is 678. The molecule has 1 aromatic carbocycles. The number of esters is 1. The van der Waals surface area contributed by atoms with Gasteiger partial charge in [0.1, 0.15) is 6.04 Å². The fourth-order valence-electron chi connectivity index (χ4n) is 1.65. The molecule has 130 valence electrons. The molecule has 2 atom stereocenters. The second-order valence-electron chi connectivity index (χ2n) is 4.91. The van der Waals surface area contributed by atoms with Gasteiger partial charge in [-0.15, -0.1) is 0 Å². The molecule has 0 aliphatic rings. The van der Waals surface area contributed by atoms with E-state index < -0.39 is 34.9 Å². The zero-order valence-corrected chi connectivity index (χ0v) is 13.9. The summed E-state index contributed by atoms with van der Waals surface area (Å²) in [5, 5.41) is 15.3. The number of amides is 2. The molecular formula is C14H16ClN3O6. The Morgan fingerprint density at radius 3 is 2.42 bits per heavy atom. The van der Waals surface area contributed by atoms with E-state index in [2.05, 4.69) is 10.6 Å². The van der Waals surface area contributed by atoms with Crippen LogP contribution in [-0.4, -0.2) is 34.9 Å². The Morgan fingerprint density at radius 2 is 1.92 bits per heavy atom. The van der Waals surface area contributed by atoms with Crippen LogP contribution in [-0.2, 0) is 19.1 Å². The number of carbonyl (C=O) groups excluding carboxylic acids is 3. The van der Waals surface area contributed by atoms with Crippen LogP contribution in [0, 0.1) is 10.1 Å². The first-order valence-corrected chi connectivity index (χ1v) is 7.22. The van der Waals surface area contributed by atoms with Crippen LogP contribution in [0.1, 0.15) is 20.8 Å². The van der Waals surface area contributed by atoms with Crippen molar-refractivity contribution in [2.45, 2.75) is 32.9 Å². The fraction of sp³-hybridized carbons (Fsp3) is 0.357. The Balaban J connectivity index is 2.69. The summed E-state index contributed by atoms with van der Waals surface area (Å²) in [6, 6.07) is 2.64. The molecule has 0 bridgehead atoms. The van der Waals surface area contributed by atoms with Gasteiger partial charge in [-0.25, -0.2) is 4.79 Å². The van der Waals surface area contributed by atoms with Gasteiger partial charge in [0.25, 0.3) is 11.6 Å². The summed E-state index contributed by atoms with van der Waals surface area (Å²) in [7, 11) is 0. The number of hydrogen-bond acceptors (Lipinski definition) is 6. The van der Waals surface area contributed by atoms with E-state index in [1.165, 1.54) is 32.9 Å². The molecule has 1 rings (SSSR count). The van der Waals surface area contributed by atoms with Gasteiger partial charge in [-0.3, -0.25) is 19.7 Å². The molecule has 0 aliphatic carbocycles. The Hall–Kier alpha value is -2.68. The number of rotatable bonds is 6. The third-order valence-electron chi connectivity index (χ3n) is 2.86. The summed E-state index contributed by atoms with van der Waals surface area (Å²) in [4.78, 5) is 44.6. The molecule has 0 heterocycles. The molecule has 2 N–H and O–H groups in total. The largest absolute Gasteiger partial charge is 0.451 e. The minimum atomic E-state index is -1.15. The number of nitro benzene ring substituents is 1. The summed E-state index contributed by atoms with van der Waals surface area (Å²) >= 11 is 5.86. The van der Waals surface area contributed by atoms with E-state index in [1.807, 2.05) is 0 Å². The van der Waals surface area contributed by atoms with Gasteiger partial charge in [0.2, 0.25) is 5.91 Å². The van der Waals surface area contributed by atoms with Crippen LogP contribution >= 0.6 is 11.6 Å². The van der Waals surface area contributed by atoms with Gasteiger partial charge < -0.3 is 15.4 Å². The van der Waals surface area contributed by atoms with Gasteiger partial charge in [-0.05, 0) is 19.9 Å². The zero-order chi connectivity index (χ0) is 18.4. The topological polar surface area (TPSA) is 128 Å². The normalized spacial score (nSPS) is 12.7. The van der Waals surface area contributed by atoms with Crippen LogP contribution < -0.4 is 10.6 Å². The molecule has 0 fully saturated rings. The summed E-state index contributed by atoms with van der Waals surface area (Å²) in [5.41, 5.74) is -0.0771. The van der Waals surface area contributed by atoms with Crippen LogP contribution in [0.25, 0.3) is 0 Å². The van der Waals surface area contributed by atoms with Crippen molar-refractivity contribution < 1.29 is 24.0 Å². The van der Waals surface area contributed by atoms with Crippen molar-refractivity contribution in [1.29, 1.82) is 0 Å². The number of nitrogens with one attached hydrogen (secondary N) is 2. The van der Waals surface area contributed by atoms with Gasteiger partial charge >= 0.3 is 5.97 Å². The predicted octanol–water partition coefficient (Wildman–Crippen LogP) is 1.64. The maximum Gasteiger partial charge on any atom is 0.329 e. The van der Waals surface area contributed by atoms with Crippen molar-refractivity contribution in [3.8, 4) is 0 Å². The molecular weight excluding hydrogens is 342 g/mol. The second-order valence-corrected chi connectivity index (χ2v) is 5.32. The average Bonchev–Trinajstić information content (AvgIpc) is 2.47. The molecule has 2 amide bonds. The van der Waals surface area contributed by atoms with Crippen LogP contribution in [0.5, 0.6) is 0 Å². The van der Waals surface area contributed by atoms with Gasteiger partial charge in [0.15, 0.2) is 6.10 Å². The lowest BCUT2D eigenvalue weighted by Crippen LogP contribution is -2.41. The number of non-ortho nitro benzene ring substituents is 1. The summed E-state index contributed by atoms with van der Waals surface area (Å²) in [6.45, 7) is 4.01. The highest BCUT2D eigenvalue weighted by Gasteiger charge is 2.23. The maximum atomic E-state index is 12.0. The third kappa shape index (κ3) is 5.51. The highest BCUT2D eigenvalue weighted by atomic mass is 35.5. The van der Waals surface area contributed by atoms with Crippen molar-refractivity contribution in [3.05, 3.63) is 33.3 Å². The molecule has 10 heteroatoms. The monoisotopic (exact) mass is 357 g/mol. The first-order valence-electron chi connectivity index (χ1n) is 6.84. The fourth-order valence-corrected chi connectivity index (χ4v) is 1.87. The maximum absolute atomic E-state index is 12.0. The lowest BCUT2D eigenvalue weighted by molar-refractivity contribution is -0.384. The molecule has 0 saturated carbocycles. The summed E-state index contributed by atoms with van der Waals surface area (Å²) in [5.74, 6) is -1.86. The molecule has 0 saturated heterocycles. The number of nitro groups is 1. The smallest absolute Gasteiger partial charge is 0.329 e. The molecule has 9 nitrogen and oxygen atoms in total. The highest BCUT2D eigenvalue weighted by Crippen LogP contribution is 2.26. The van der Waals surface area contributed by atoms with E-state index in [-0.39, 0.29) is 16.4 Å². The number of carbonyl (C=O) groups is 3. The number of halogens is 1. The van der Waals surface area contributed by atoms with Crippen LogP contribution in [0.15, 0.2) is 18.2 Å². The van der Waals surface area contributed by atoms with Crippen molar-refractivity contribution in [1.82, 2.24) is 5.32 Å². The number of anilines is 1. The lowest BCUT2D eigenvalue weighted by Gasteiger charge is -2.17. The number of ether oxygens (including phenoxy) is 1. The highest BCUT2D eigenvalue weighted by molar-refractivity contribution is 6.34. The van der Waals surface area contributed by atoms with Gasteiger partial charge in [-0.2, -0.15) is 0 Å². The quantitative estimate of drug-likeness (QED) is 0.452. The Labute approximate surface area is 142 Å². The van der Waals surface area contributed by atoms with Gasteiger partial charge in [0.05, 0.1) is 15.6 Å². The van der Waals surface area contributed by atoms with E-state index in [4.69, 9.17) is 16.3 Å². The summed E-state index contributed by atoms with van der Waals surface area (Å²) < 4.78 is 4.93. The Kier molecular flexibility index (Phi) is 6.66. The molecule has 0 aromatic heterocycles. The van der Waals surface area contributed by atoms with Crippen molar-refractivity contribution in [2.24, 2.45) is 0 Å². The minimum Gasteiger partial charge on any atom is -0.451 e. The third-order valence-corrected chi connectivity index (χ3v) is 3.17. The molecule has 0 radical (unpaired) electrons. The lowest BCUT2D eigenvalue weighted by atomic mass is 10.2. The Morgan fingerprint density at radius 1 is 1.29 bits per heavy atom. The zero-order valence-electron chi connectivity index (χ0n) is 13.2. The van der Waals surface area contributed by atoms with Crippen LogP contribution in [0.2, 0.25) is 5.02 Å². The SMILES string of the molecule is CC(=O)NC(C)C(=O)OC(C)C(=O)Nc1ccc([N+](=O)[O-])cc1Cl. The number of benzene rings is 1. The number of hydrogen-bond donors (Lipinski definition) is 2. The standard InChI is InChI=1S/C14H16ClN3O6/c1-7(16-9(3)19)14(21)24-8(2)13(20)17-12-5-4-10(18(22)23)6-11(12)15/h4-8H,1-3H3,(H,16,19)(H,17,20).